The van der Waals surface area contributed by atoms with Crippen molar-refractivity contribution in [3.05, 3.63) is 53.3 Å². The molecule has 0 unspecified atom stereocenters. The van der Waals surface area contributed by atoms with Crippen LogP contribution in [0.5, 0.6) is 0 Å². The molecule has 1 N–H and O–H groups in total. The summed E-state index contributed by atoms with van der Waals surface area (Å²) in [6, 6.07) is 11.4. The van der Waals surface area contributed by atoms with Gasteiger partial charge < -0.3 is 14.8 Å². The monoisotopic (exact) mass is 359 g/mol. The zero-order valence-corrected chi connectivity index (χ0v) is 14.8. The van der Waals surface area contributed by atoms with E-state index in [2.05, 4.69) is 5.32 Å². The topological polar surface area (TPSA) is 54.3 Å². The van der Waals surface area contributed by atoms with Crippen molar-refractivity contribution in [1.82, 2.24) is 14.8 Å². The number of hydrogen-bond acceptors (Lipinski definition) is 2. The first-order valence-corrected chi connectivity index (χ1v) is 8.98. The van der Waals surface area contributed by atoms with Crippen LogP contribution < -0.4 is 5.32 Å². The highest BCUT2D eigenvalue weighted by atomic mass is 35.5. The predicted molar refractivity (Wildman–Crippen MR) is 97.9 cm³/mol. The van der Waals surface area contributed by atoms with Gasteiger partial charge in [0.15, 0.2) is 0 Å². The molecule has 5 nitrogen and oxygen atoms in total. The van der Waals surface area contributed by atoms with E-state index < -0.39 is 0 Å². The molecule has 2 amide bonds. The van der Waals surface area contributed by atoms with Crippen LogP contribution in [0.1, 0.15) is 25.0 Å². The van der Waals surface area contributed by atoms with E-state index in [0.717, 1.165) is 37.3 Å². The summed E-state index contributed by atoms with van der Waals surface area (Å²) < 4.78 is 1.98. The first-order chi connectivity index (χ1) is 12.1. The van der Waals surface area contributed by atoms with E-state index in [9.17, 15) is 9.59 Å². The number of carbonyl (C=O) groups is 2. The third-order valence-corrected chi connectivity index (χ3v) is 4.63. The maximum Gasteiger partial charge on any atom is 0.225 e. The summed E-state index contributed by atoms with van der Waals surface area (Å²) in [4.78, 5) is 25.6. The van der Waals surface area contributed by atoms with Crippen molar-refractivity contribution in [3.8, 4) is 5.69 Å². The summed E-state index contributed by atoms with van der Waals surface area (Å²) in [6.45, 7) is 2.16. The Labute approximate surface area is 152 Å². The van der Waals surface area contributed by atoms with Gasteiger partial charge in [-0.3, -0.25) is 9.59 Å². The van der Waals surface area contributed by atoms with Crippen LogP contribution in [0.4, 0.5) is 0 Å². The number of hydrogen-bond donors (Lipinski definition) is 1. The normalized spacial score (nSPS) is 14.1. The van der Waals surface area contributed by atoms with Crippen molar-refractivity contribution < 1.29 is 9.59 Å². The summed E-state index contributed by atoms with van der Waals surface area (Å²) in [6.07, 6.45) is 4.65. The summed E-state index contributed by atoms with van der Waals surface area (Å²) in [5.41, 5.74) is 1.90. The Morgan fingerprint density at radius 3 is 2.72 bits per heavy atom. The lowest BCUT2D eigenvalue weighted by atomic mass is 10.2. The Morgan fingerprint density at radius 2 is 2.00 bits per heavy atom. The summed E-state index contributed by atoms with van der Waals surface area (Å²) in [5, 5.41) is 3.62. The van der Waals surface area contributed by atoms with E-state index in [1.165, 1.54) is 0 Å². The quantitative estimate of drug-likeness (QED) is 0.773. The Hall–Kier alpha value is -2.27. The molecular weight excluding hydrogens is 338 g/mol. The first-order valence-electron chi connectivity index (χ1n) is 8.60. The van der Waals surface area contributed by atoms with Gasteiger partial charge in [0.25, 0.3) is 0 Å². The molecule has 0 spiro atoms. The fourth-order valence-corrected chi connectivity index (χ4v) is 3.21. The van der Waals surface area contributed by atoms with Crippen LogP contribution in [-0.4, -0.2) is 40.9 Å². The molecule has 0 saturated carbocycles. The van der Waals surface area contributed by atoms with Crippen LogP contribution in [-0.2, 0) is 16.0 Å². The van der Waals surface area contributed by atoms with Crippen molar-refractivity contribution >= 4 is 23.4 Å². The number of carbonyl (C=O) groups excluding carboxylic acids is 2. The number of rotatable bonds is 7. The summed E-state index contributed by atoms with van der Waals surface area (Å²) >= 11 is 5.93. The Balaban J connectivity index is 1.48. The molecule has 1 aliphatic heterocycles. The van der Waals surface area contributed by atoms with Crippen molar-refractivity contribution in [1.29, 1.82) is 0 Å². The maximum atomic E-state index is 12.2. The Bertz CT molecular complexity index is 739. The first kappa shape index (κ1) is 17.5. The highest BCUT2D eigenvalue weighted by molar-refractivity contribution is 6.30. The molecule has 2 heterocycles. The molecule has 1 saturated heterocycles. The highest BCUT2D eigenvalue weighted by Gasteiger charge is 2.19. The standard InChI is InChI=1S/C19H22ClN3O2/c20-15-6-8-16(9-7-15)23-13-1-4-17(23)14-18(24)21-10-3-12-22-11-2-5-19(22)25/h1,4,6-9,13H,2-3,5,10-12,14H2,(H,21,24). The number of likely N-dealkylation sites (tertiary alicyclic amines) is 1. The van der Waals surface area contributed by atoms with Gasteiger partial charge in [-0.05, 0) is 49.2 Å². The molecule has 25 heavy (non-hydrogen) atoms. The third-order valence-electron chi connectivity index (χ3n) is 4.38. The summed E-state index contributed by atoms with van der Waals surface area (Å²) in [7, 11) is 0. The smallest absolute Gasteiger partial charge is 0.225 e. The van der Waals surface area contributed by atoms with Gasteiger partial charge in [0, 0.05) is 48.7 Å². The van der Waals surface area contributed by atoms with Crippen molar-refractivity contribution in [2.45, 2.75) is 25.7 Å². The van der Waals surface area contributed by atoms with E-state index >= 15 is 0 Å². The minimum Gasteiger partial charge on any atom is -0.356 e. The lowest BCUT2D eigenvalue weighted by Crippen LogP contribution is -2.31. The third kappa shape index (κ3) is 4.63. The van der Waals surface area contributed by atoms with E-state index in [1.807, 2.05) is 52.1 Å². The van der Waals surface area contributed by atoms with Gasteiger partial charge >= 0.3 is 0 Å². The molecule has 1 aliphatic rings. The van der Waals surface area contributed by atoms with Crippen molar-refractivity contribution in [2.75, 3.05) is 19.6 Å². The van der Waals surface area contributed by atoms with Crippen molar-refractivity contribution in [2.24, 2.45) is 0 Å². The predicted octanol–water partition coefficient (Wildman–Crippen LogP) is 2.80. The maximum absolute atomic E-state index is 12.2. The second-order valence-corrected chi connectivity index (χ2v) is 6.65. The van der Waals surface area contributed by atoms with Gasteiger partial charge in [0.05, 0.1) is 6.42 Å². The van der Waals surface area contributed by atoms with E-state index in [0.29, 0.717) is 24.4 Å². The molecule has 1 fully saturated rings. The molecule has 0 radical (unpaired) electrons. The average molecular weight is 360 g/mol. The molecule has 6 heteroatoms. The molecular formula is C19H22ClN3O2. The fraction of sp³-hybridized carbons (Fsp3) is 0.368. The van der Waals surface area contributed by atoms with Crippen molar-refractivity contribution in [3.63, 3.8) is 0 Å². The molecule has 132 valence electrons. The second kappa shape index (κ2) is 8.21. The largest absolute Gasteiger partial charge is 0.356 e. The van der Waals surface area contributed by atoms with Crippen LogP contribution in [0.15, 0.2) is 42.6 Å². The van der Waals surface area contributed by atoms with Gasteiger partial charge in [-0.15, -0.1) is 0 Å². The molecule has 3 rings (SSSR count). The van der Waals surface area contributed by atoms with E-state index in [-0.39, 0.29) is 11.8 Å². The van der Waals surface area contributed by atoms with E-state index in [1.54, 1.807) is 0 Å². The molecule has 0 bridgehead atoms. The summed E-state index contributed by atoms with van der Waals surface area (Å²) in [5.74, 6) is 0.216. The fourth-order valence-electron chi connectivity index (χ4n) is 3.08. The second-order valence-electron chi connectivity index (χ2n) is 6.21. The van der Waals surface area contributed by atoms with Gasteiger partial charge in [0.2, 0.25) is 11.8 Å². The van der Waals surface area contributed by atoms with E-state index in [4.69, 9.17) is 11.6 Å². The highest BCUT2D eigenvalue weighted by Crippen LogP contribution is 2.16. The number of amides is 2. The number of benzene rings is 1. The lowest BCUT2D eigenvalue weighted by Gasteiger charge is -2.15. The SMILES string of the molecule is O=C(Cc1cccn1-c1ccc(Cl)cc1)NCCCN1CCCC1=O. The number of halogens is 1. The van der Waals surface area contributed by atoms with Gasteiger partial charge in [-0.1, -0.05) is 11.6 Å². The molecule has 1 aromatic carbocycles. The number of nitrogens with one attached hydrogen (secondary N) is 1. The molecule has 2 aromatic rings. The Morgan fingerprint density at radius 1 is 1.20 bits per heavy atom. The Kier molecular flexibility index (Phi) is 5.76. The molecule has 1 aromatic heterocycles. The zero-order valence-electron chi connectivity index (χ0n) is 14.1. The van der Waals surface area contributed by atoms with Crippen LogP contribution in [0.3, 0.4) is 0 Å². The van der Waals surface area contributed by atoms with Gasteiger partial charge in [-0.25, -0.2) is 0 Å². The van der Waals surface area contributed by atoms with Crippen LogP contribution in [0, 0.1) is 0 Å². The number of nitrogens with zero attached hydrogens (tertiary/aromatic N) is 2. The van der Waals surface area contributed by atoms with Gasteiger partial charge in [0.1, 0.15) is 0 Å². The van der Waals surface area contributed by atoms with Crippen LogP contribution in [0.2, 0.25) is 5.02 Å². The lowest BCUT2D eigenvalue weighted by molar-refractivity contribution is -0.127. The minimum atomic E-state index is -0.0124. The van der Waals surface area contributed by atoms with Crippen LogP contribution >= 0.6 is 11.6 Å². The van der Waals surface area contributed by atoms with Crippen LogP contribution in [0.25, 0.3) is 5.69 Å². The minimum absolute atomic E-state index is 0.0124. The molecule has 0 aliphatic carbocycles. The molecule has 0 atom stereocenters. The van der Waals surface area contributed by atoms with Gasteiger partial charge in [-0.2, -0.15) is 0 Å². The number of aromatic nitrogens is 1. The average Bonchev–Trinajstić information content (AvgIpc) is 3.22. The zero-order chi connectivity index (χ0) is 17.6.